The van der Waals surface area contributed by atoms with Gasteiger partial charge in [0.1, 0.15) is 6.61 Å². The molecule has 0 aliphatic carbocycles. The van der Waals surface area contributed by atoms with E-state index < -0.39 is 29.8 Å². The third-order valence-electron chi connectivity index (χ3n) is 2.74. The van der Waals surface area contributed by atoms with Gasteiger partial charge in [0.25, 0.3) is 5.91 Å². The van der Waals surface area contributed by atoms with Crippen LogP contribution < -0.4 is 10.2 Å². The molecular formula is C12H10F3N3O4. The van der Waals surface area contributed by atoms with E-state index in [1.165, 1.54) is 11.5 Å². The van der Waals surface area contributed by atoms with Gasteiger partial charge in [0.05, 0.1) is 11.8 Å². The Morgan fingerprint density at radius 3 is 2.64 bits per heavy atom. The maximum absolute atomic E-state index is 13.0. The van der Waals surface area contributed by atoms with Crippen molar-refractivity contribution < 1.29 is 33.1 Å². The summed E-state index contributed by atoms with van der Waals surface area (Å²) >= 11 is 0. The molecule has 1 aromatic carbocycles. The number of rotatable bonds is 4. The Balaban J connectivity index is 2.38. The third-order valence-corrected chi connectivity index (χ3v) is 2.74. The van der Waals surface area contributed by atoms with Crippen LogP contribution in [0.3, 0.4) is 0 Å². The highest BCUT2D eigenvalue weighted by atomic mass is 19.4. The van der Waals surface area contributed by atoms with E-state index >= 15 is 0 Å². The smallest absolute Gasteiger partial charge is 0.416 e. The molecule has 0 saturated heterocycles. The van der Waals surface area contributed by atoms with Crippen LogP contribution in [0.5, 0.6) is 5.88 Å². The van der Waals surface area contributed by atoms with Crippen molar-refractivity contribution in [2.75, 3.05) is 0 Å². The summed E-state index contributed by atoms with van der Waals surface area (Å²) in [5.74, 6) is -1.23. The van der Waals surface area contributed by atoms with Gasteiger partial charge in [-0.1, -0.05) is 11.2 Å². The second kappa shape index (κ2) is 5.93. The molecule has 1 amide bonds. The number of carbonyl (C=O) groups is 1. The number of nitrogens with one attached hydrogen (secondary N) is 1. The Morgan fingerprint density at radius 1 is 1.36 bits per heavy atom. The zero-order chi connectivity index (χ0) is 16.3. The van der Waals surface area contributed by atoms with E-state index in [-0.39, 0.29) is 11.4 Å². The van der Waals surface area contributed by atoms with Crippen molar-refractivity contribution >= 4 is 5.91 Å². The fourth-order valence-corrected chi connectivity index (χ4v) is 1.80. The molecule has 0 saturated carbocycles. The molecule has 1 aromatic heterocycles. The fourth-order valence-electron chi connectivity index (χ4n) is 1.80. The lowest BCUT2D eigenvalue weighted by molar-refractivity contribution is -0.138. The van der Waals surface area contributed by atoms with Crippen molar-refractivity contribution in [1.29, 1.82) is 0 Å². The SMILES string of the molecule is O=C(NO)c1cccc(C(F)(F)F)c1COc1ccn(O)n1. The normalized spacial score (nSPS) is 11.3. The summed E-state index contributed by atoms with van der Waals surface area (Å²) in [4.78, 5) is 11.9. The molecule has 2 aromatic rings. The van der Waals surface area contributed by atoms with E-state index in [2.05, 4.69) is 5.10 Å². The molecule has 10 heteroatoms. The zero-order valence-corrected chi connectivity index (χ0v) is 10.8. The number of hydrogen-bond acceptors (Lipinski definition) is 5. The Morgan fingerprint density at radius 2 is 2.09 bits per heavy atom. The van der Waals surface area contributed by atoms with Crippen LogP contribution in [0.4, 0.5) is 13.2 Å². The monoisotopic (exact) mass is 317 g/mol. The molecule has 118 valence electrons. The van der Waals surface area contributed by atoms with Crippen LogP contribution in [0.1, 0.15) is 21.5 Å². The molecule has 0 fully saturated rings. The van der Waals surface area contributed by atoms with Crippen molar-refractivity contribution in [2.45, 2.75) is 12.8 Å². The molecule has 2 rings (SSSR count). The highest BCUT2D eigenvalue weighted by molar-refractivity contribution is 5.95. The molecule has 0 spiro atoms. The van der Waals surface area contributed by atoms with Crippen molar-refractivity contribution in [3.05, 3.63) is 47.2 Å². The van der Waals surface area contributed by atoms with Crippen LogP contribution in [0.25, 0.3) is 0 Å². The van der Waals surface area contributed by atoms with Gasteiger partial charge in [0.2, 0.25) is 5.88 Å². The van der Waals surface area contributed by atoms with Gasteiger partial charge in [-0.05, 0) is 12.1 Å². The lowest BCUT2D eigenvalue weighted by Crippen LogP contribution is -2.23. The summed E-state index contributed by atoms with van der Waals surface area (Å²) in [5, 5.41) is 21.0. The van der Waals surface area contributed by atoms with Gasteiger partial charge < -0.3 is 9.94 Å². The van der Waals surface area contributed by atoms with E-state index in [0.717, 1.165) is 24.4 Å². The first-order valence-electron chi connectivity index (χ1n) is 5.84. The van der Waals surface area contributed by atoms with Crippen molar-refractivity contribution in [1.82, 2.24) is 15.4 Å². The Kier molecular flexibility index (Phi) is 4.22. The molecule has 0 radical (unpaired) electrons. The van der Waals surface area contributed by atoms with Crippen LogP contribution in [-0.2, 0) is 12.8 Å². The fraction of sp³-hybridized carbons (Fsp3) is 0.167. The summed E-state index contributed by atoms with van der Waals surface area (Å²) in [5.41, 5.74) is -0.643. The first-order valence-corrected chi connectivity index (χ1v) is 5.84. The van der Waals surface area contributed by atoms with Gasteiger partial charge in [-0.3, -0.25) is 10.0 Å². The maximum atomic E-state index is 13.0. The summed E-state index contributed by atoms with van der Waals surface area (Å²) < 4.78 is 44.1. The van der Waals surface area contributed by atoms with E-state index in [9.17, 15) is 18.0 Å². The van der Waals surface area contributed by atoms with Gasteiger partial charge in [0.15, 0.2) is 0 Å². The minimum Gasteiger partial charge on any atom is -0.472 e. The molecule has 1 heterocycles. The second-order valence-electron chi connectivity index (χ2n) is 4.13. The third kappa shape index (κ3) is 3.28. The van der Waals surface area contributed by atoms with Gasteiger partial charge >= 0.3 is 6.18 Å². The van der Waals surface area contributed by atoms with Crippen LogP contribution in [0.2, 0.25) is 0 Å². The summed E-state index contributed by atoms with van der Waals surface area (Å²) in [7, 11) is 0. The molecule has 0 atom stereocenters. The van der Waals surface area contributed by atoms with E-state index in [1.54, 1.807) is 0 Å². The van der Waals surface area contributed by atoms with Gasteiger partial charge in [-0.25, -0.2) is 5.48 Å². The van der Waals surface area contributed by atoms with Gasteiger partial charge in [-0.2, -0.15) is 13.2 Å². The number of nitrogens with zero attached hydrogens (tertiary/aromatic N) is 2. The largest absolute Gasteiger partial charge is 0.472 e. The van der Waals surface area contributed by atoms with Crippen molar-refractivity contribution in [3.63, 3.8) is 0 Å². The summed E-state index contributed by atoms with van der Waals surface area (Å²) in [6.45, 7) is -0.630. The highest BCUT2D eigenvalue weighted by Gasteiger charge is 2.35. The van der Waals surface area contributed by atoms with E-state index in [4.69, 9.17) is 15.2 Å². The lowest BCUT2D eigenvalue weighted by atomic mass is 10.0. The van der Waals surface area contributed by atoms with Crippen LogP contribution in [-0.4, -0.2) is 26.3 Å². The van der Waals surface area contributed by atoms with E-state index in [0.29, 0.717) is 4.85 Å². The lowest BCUT2D eigenvalue weighted by Gasteiger charge is -2.16. The molecule has 22 heavy (non-hydrogen) atoms. The predicted octanol–water partition coefficient (Wildman–Crippen LogP) is 1.84. The average Bonchev–Trinajstić information content (AvgIpc) is 2.88. The Hall–Kier alpha value is -2.75. The molecule has 0 aliphatic heterocycles. The van der Waals surface area contributed by atoms with E-state index in [1.807, 2.05) is 0 Å². The number of hydrogen-bond donors (Lipinski definition) is 3. The number of benzene rings is 1. The highest BCUT2D eigenvalue weighted by Crippen LogP contribution is 2.34. The molecule has 0 bridgehead atoms. The van der Waals surface area contributed by atoms with Gasteiger partial charge in [-0.15, -0.1) is 4.85 Å². The Labute approximate surface area is 121 Å². The number of alkyl halides is 3. The van der Waals surface area contributed by atoms with Crippen LogP contribution >= 0.6 is 0 Å². The first-order chi connectivity index (χ1) is 10.3. The number of aromatic nitrogens is 2. The molecule has 0 aliphatic rings. The quantitative estimate of drug-likeness (QED) is 0.454. The minimum absolute atomic E-state index is 0.130. The number of amides is 1. The zero-order valence-electron chi connectivity index (χ0n) is 10.8. The summed E-state index contributed by atoms with van der Waals surface area (Å²) in [6.07, 6.45) is -3.59. The predicted molar refractivity (Wildman–Crippen MR) is 64.4 cm³/mol. The Bertz CT molecular complexity index is 684. The summed E-state index contributed by atoms with van der Waals surface area (Å²) in [6, 6.07) is 4.17. The van der Waals surface area contributed by atoms with Crippen LogP contribution in [0, 0.1) is 0 Å². The van der Waals surface area contributed by atoms with Crippen molar-refractivity contribution in [3.8, 4) is 5.88 Å². The molecule has 7 nitrogen and oxygen atoms in total. The topological polar surface area (TPSA) is 96.6 Å². The minimum atomic E-state index is -4.71. The average molecular weight is 317 g/mol. The van der Waals surface area contributed by atoms with Crippen molar-refractivity contribution in [2.24, 2.45) is 0 Å². The maximum Gasteiger partial charge on any atom is 0.416 e. The number of halogens is 3. The molecule has 0 unspecified atom stereocenters. The van der Waals surface area contributed by atoms with Gasteiger partial charge in [0, 0.05) is 17.2 Å². The number of ether oxygens (including phenoxy) is 1. The molecule has 3 N–H and O–H groups in total. The molecular weight excluding hydrogens is 307 g/mol. The number of hydroxylamine groups is 1. The first kappa shape index (κ1) is 15.6. The van der Waals surface area contributed by atoms with Crippen LogP contribution in [0.15, 0.2) is 30.5 Å². The number of carbonyl (C=O) groups excluding carboxylic acids is 1. The second-order valence-corrected chi connectivity index (χ2v) is 4.13. The standard InChI is InChI=1S/C12H10F3N3O4/c13-12(14,15)9-3-1-2-7(11(19)17-20)8(9)6-22-10-4-5-18(21)16-10/h1-5,20-21H,6H2,(H,17,19).